The molecule has 1 heterocycles. The molecule has 0 bridgehead atoms. The third-order valence-electron chi connectivity index (χ3n) is 8.14. The molecule has 7 aromatic rings. The van der Waals surface area contributed by atoms with Crippen molar-refractivity contribution >= 4 is 22.7 Å². The van der Waals surface area contributed by atoms with Gasteiger partial charge in [-0.2, -0.15) is 5.10 Å². The third-order valence-corrected chi connectivity index (χ3v) is 8.14. The monoisotopic (exact) mass is 612 g/mol. The highest BCUT2D eigenvalue weighted by Gasteiger charge is 2.15. The lowest BCUT2D eigenvalue weighted by Crippen LogP contribution is -2.01. The van der Waals surface area contributed by atoms with Crippen LogP contribution in [-0.2, 0) is 0 Å². The average molecular weight is 613 g/mol. The molecule has 0 atom stereocenters. The number of ether oxygens (including phenoxy) is 1. The van der Waals surface area contributed by atoms with Gasteiger partial charge in [-0.15, -0.1) is 0 Å². The van der Waals surface area contributed by atoms with Crippen molar-refractivity contribution in [2.45, 2.75) is 20.8 Å². The molecule has 0 aliphatic rings. The van der Waals surface area contributed by atoms with Gasteiger partial charge >= 0.3 is 0 Å². The molecule has 2 N–H and O–H groups in total. The molecule has 5 heteroatoms. The normalized spacial score (nSPS) is 10.9. The molecule has 1 aromatic heterocycles. The minimum absolute atomic E-state index is 0.727. The summed E-state index contributed by atoms with van der Waals surface area (Å²) in [4.78, 5) is 0. The molecular formula is C42H36N4O. The zero-order chi connectivity index (χ0) is 32.2. The first-order valence-corrected chi connectivity index (χ1v) is 15.8. The van der Waals surface area contributed by atoms with E-state index in [4.69, 9.17) is 9.84 Å². The van der Waals surface area contributed by atoms with Crippen LogP contribution in [0.5, 0.6) is 11.5 Å². The van der Waals surface area contributed by atoms with Crippen LogP contribution in [0.4, 0.5) is 22.7 Å². The molecule has 230 valence electrons. The molecule has 0 saturated heterocycles. The van der Waals surface area contributed by atoms with Crippen molar-refractivity contribution in [3.63, 3.8) is 0 Å². The molecule has 47 heavy (non-hydrogen) atoms. The fourth-order valence-corrected chi connectivity index (χ4v) is 5.98. The predicted octanol–water partition coefficient (Wildman–Crippen LogP) is 11.4. The van der Waals surface area contributed by atoms with Gasteiger partial charge in [-0.25, -0.2) is 4.68 Å². The van der Waals surface area contributed by atoms with Crippen LogP contribution in [0.2, 0.25) is 0 Å². The van der Waals surface area contributed by atoms with Gasteiger partial charge < -0.3 is 15.4 Å². The van der Waals surface area contributed by atoms with Gasteiger partial charge in [-0.1, -0.05) is 103 Å². The van der Waals surface area contributed by atoms with E-state index in [9.17, 15) is 0 Å². The molecule has 0 aliphatic heterocycles. The van der Waals surface area contributed by atoms with Crippen LogP contribution in [0.3, 0.4) is 0 Å². The zero-order valence-corrected chi connectivity index (χ0v) is 26.7. The quantitative estimate of drug-likeness (QED) is 0.170. The summed E-state index contributed by atoms with van der Waals surface area (Å²) in [6.07, 6.45) is 2.09. The van der Waals surface area contributed by atoms with Crippen LogP contribution in [0.25, 0.3) is 28.1 Å². The first kappa shape index (κ1) is 29.6. The summed E-state index contributed by atoms with van der Waals surface area (Å²) in [5, 5.41) is 12.3. The molecule has 0 aliphatic carbocycles. The lowest BCUT2D eigenvalue weighted by atomic mass is 10.0. The molecule has 6 aromatic carbocycles. The van der Waals surface area contributed by atoms with Crippen LogP contribution in [0, 0.1) is 20.8 Å². The Morgan fingerprint density at radius 2 is 1.15 bits per heavy atom. The Balaban J connectivity index is 1.13. The summed E-state index contributed by atoms with van der Waals surface area (Å²) in [7, 11) is 0. The molecule has 7 rings (SSSR count). The Kier molecular flexibility index (Phi) is 8.27. The standard InChI is InChI=1S/C42H36N4O/c1-29-24-30(2)41(31(3)25-29)44-40-23-11-10-22-39(40)43-34-18-12-20-36(26-34)47-37-21-13-19-35(27-37)46-28-38(32-14-6-4-7-15-32)42(45-46)33-16-8-5-9-17-33/h4-28,43-44H,1-3H3. The average Bonchev–Trinajstić information content (AvgIpc) is 3.54. The number of para-hydroxylation sites is 2. The summed E-state index contributed by atoms with van der Waals surface area (Å²) in [6.45, 7) is 6.42. The van der Waals surface area contributed by atoms with Crippen molar-refractivity contribution in [1.29, 1.82) is 0 Å². The van der Waals surface area contributed by atoms with Crippen LogP contribution >= 0.6 is 0 Å². The van der Waals surface area contributed by atoms with Crippen LogP contribution in [0.1, 0.15) is 16.7 Å². The number of benzene rings is 6. The summed E-state index contributed by atoms with van der Waals surface area (Å²) in [6, 6.07) is 49.4. The lowest BCUT2D eigenvalue weighted by molar-refractivity contribution is 0.482. The Bertz CT molecular complexity index is 2070. The molecule has 0 fully saturated rings. The van der Waals surface area contributed by atoms with Crippen LogP contribution < -0.4 is 15.4 Å². The topological polar surface area (TPSA) is 51.1 Å². The second-order valence-corrected chi connectivity index (χ2v) is 11.8. The van der Waals surface area contributed by atoms with Gasteiger partial charge in [0, 0.05) is 40.8 Å². The van der Waals surface area contributed by atoms with E-state index < -0.39 is 0 Å². The van der Waals surface area contributed by atoms with Gasteiger partial charge in [0.1, 0.15) is 17.2 Å². The Labute approximate surface area is 276 Å². The molecule has 0 saturated carbocycles. The minimum atomic E-state index is 0.727. The Morgan fingerprint density at radius 1 is 0.553 bits per heavy atom. The Morgan fingerprint density at radius 3 is 1.85 bits per heavy atom. The lowest BCUT2D eigenvalue weighted by Gasteiger charge is -2.18. The number of nitrogens with zero attached hydrogens (tertiary/aromatic N) is 2. The van der Waals surface area contributed by atoms with Gasteiger partial charge in [0.25, 0.3) is 0 Å². The van der Waals surface area contributed by atoms with Gasteiger partial charge in [0.2, 0.25) is 0 Å². The highest BCUT2D eigenvalue weighted by molar-refractivity contribution is 5.81. The maximum atomic E-state index is 6.40. The van der Waals surface area contributed by atoms with Gasteiger partial charge in [-0.3, -0.25) is 0 Å². The van der Waals surface area contributed by atoms with Crippen molar-refractivity contribution < 1.29 is 4.74 Å². The van der Waals surface area contributed by atoms with E-state index >= 15 is 0 Å². The Hall–Kier alpha value is -6.07. The maximum Gasteiger partial charge on any atom is 0.129 e. The first-order chi connectivity index (χ1) is 23.0. The largest absolute Gasteiger partial charge is 0.457 e. The van der Waals surface area contributed by atoms with Gasteiger partial charge in [-0.05, 0) is 73.9 Å². The molecule has 0 spiro atoms. The number of rotatable bonds is 9. The molecule has 0 amide bonds. The summed E-state index contributed by atoms with van der Waals surface area (Å²) < 4.78 is 8.32. The fraction of sp³-hybridized carbons (Fsp3) is 0.0714. The smallest absolute Gasteiger partial charge is 0.129 e. The number of hydrogen-bond acceptors (Lipinski definition) is 4. The maximum absolute atomic E-state index is 6.40. The second-order valence-electron chi connectivity index (χ2n) is 11.8. The first-order valence-electron chi connectivity index (χ1n) is 15.8. The second kappa shape index (κ2) is 13.1. The van der Waals surface area contributed by atoms with E-state index in [2.05, 4.69) is 98.3 Å². The number of hydrogen-bond donors (Lipinski definition) is 2. The van der Waals surface area contributed by atoms with Crippen molar-refractivity contribution in [2.24, 2.45) is 0 Å². The van der Waals surface area contributed by atoms with Crippen molar-refractivity contribution in [3.8, 4) is 39.6 Å². The molecular weight excluding hydrogens is 576 g/mol. The molecule has 0 unspecified atom stereocenters. The summed E-state index contributed by atoms with van der Waals surface area (Å²) in [5.41, 5.74) is 12.9. The summed E-state index contributed by atoms with van der Waals surface area (Å²) in [5.74, 6) is 1.46. The van der Waals surface area contributed by atoms with E-state index in [0.29, 0.717) is 0 Å². The zero-order valence-electron chi connectivity index (χ0n) is 26.7. The number of anilines is 4. The molecule has 5 nitrogen and oxygen atoms in total. The van der Waals surface area contributed by atoms with E-state index in [1.165, 1.54) is 16.7 Å². The molecule has 0 radical (unpaired) electrons. The highest BCUT2D eigenvalue weighted by atomic mass is 16.5. The minimum Gasteiger partial charge on any atom is -0.457 e. The summed E-state index contributed by atoms with van der Waals surface area (Å²) >= 11 is 0. The number of aryl methyl sites for hydroxylation is 3. The van der Waals surface area contributed by atoms with E-state index in [-0.39, 0.29) is 0 Å². The number of nitrogens with one attached hydrogen (secondary N) is 2. The highest BCUT2D eigenvalue weighted by Crippen LogP contribution is 2.35. The van der Waals surface area contributed by atoms with E-state index in [0.717, 1.165) is 62.3 Å². The van der Waals surface area contributed by atoms with Crippen molar-refractivity contribution in [1.82, 2.24) is 9.78 Å². The van der Waals surface area contributed by atoms with Crippen LogP contribution in [0.15, 0.2) is 152 Å². The van der Waals surface area contributed by atoms with Crippen molar-refractivity contribution in [3.05, 3.63) is 168 Å². The van der Waals surface area contributed by atoms with Gasteiger partial charge in [0.15, 0.2) is 0 Å². The fourth-order valence-electron chi connectivity index (χ4n) is 5.98. The van der Waals surface area contributed by atoms with E-state index in [1.807, 2.05) is 89.6 Å². The SMILES string of the molecule is Cc1cc(C)c(Nc2ccccc2Nc2cccc(Oc3cccc(-n4cc(-c5ccccc5)c(-c5ccccc5)n4)c3)c2)c(C)c1. The van der Waals surface area contributed by atoms with E-state index in [1.54, 1.807) is 0 Å². The third kappa shape index (κ3) is 6.65. The predicted molar refractivity (Wildman–Crippen MR) is 195 cm³/mol. The van der Waals surface area contributed by atoms with Gasteiger partial charge in [0.05, 0.1) is 17.1 Å². The van der Waals surface area contributed by atoms with Crippen LogP contribution in [-0.4, -0.2) is 9.78 Å². The number of aromatic nitrogens is 2. The van der Waals surface area contributed by atoms with Crippen molar-refractivity contribution in [2.75, 3.05) is 10.6 Å².